The van der Waals surface area contributed by atoms with Crippen LogP contribution in [0, 0.1) is 47.3 Å². The minimum absolute atomic E-state index is 0.350. The van der Waals surface area contributed by atoms with E-state index in [9.17, 15) is 0 Å². The van der Waals surface area contributed by atoms with Crippen LogP contribution in [0.5, 0.6) is 0 Å². The SMILES string of the molecule is CCC1=CC2=C(CC(C(C)C)CC2C(C)C)[CH]1[Zr]([Cl])([Cl])([CH]1C(CC)=CC2=C1CC(C(C)C)CC2C(C)C)[SiH](C)C. The Morgan fingerprint density at radius 3 is 1.27 bits per heavy atom. The summed E-state index contributed by atoms with van der Waals surface area (Å²) in [5.74, 6) is 4.05. The average Bonchev–Trinajstić information content (AvgIpc) is 3.46. The second-order valence-corrected chi connectivity index (χ2v) is 58.4. The molecule has 0 radical (unpaired) electrons. The summed E-state index contributed by atoms with van der Waals surface area (Å²) in [5.41, 5.74) is 10.00. The van der Waals surface area contributed by atoms with E-state index < -0.39 is 21.5 Å². The van der Waals surface area contributed by atoms with Crippen LogP contribution in [0.1, 0.15) is 108 Å². The monoisotopic (exact) mass is 681 g/mol. The Hall–Kier alpha value is 0.640. The fraction of sp³-hybridized carbons (Fsp3) is 0.778. The summed E-state index contributed by atoms with van der Waals surface area (Å²) in [5, 5.41) is 0. The summed E-state index contributed by atoms with van der Waals surface area (Å²) in [7, 11) is 17.4. The molecule has 4 aliphatic carbocycles. The Bertz CT molecular complexity index is 1020. The van der Waals surface area contributed by atoms with E-state index >= 15 is 0 Å². The van der Waals surface area contributed by atoms with Crippen molar-refractivity contribution in [2.24, 2.45) is 47.3 Å². The van der Waals surface area contributed by atoms with E-state index in [0.717, 1.165) is 24.7 Å². The molecule has 0 aromatic rings. The van der Waals surface area contributed by atoms with Crippen LogP contribution >= 0.6 is 17.0 Å². The van der Waals surface area contributed by atoms with Gasteiger partial charge in [0, 0.05) is 0 Å². The van der Waals surface area contributed by atoms with Crippen LogP contribution in [0.15, 0.2) is 45.6 Å². The zero-order valence-corrected chi connectivity index (χ0v) is 33.1. The van der Waals surface area contributed by atoms with E-state index in [0.29, 0.717) is 42.8 Å². The molecular formula is C36H61Cl2SiZr. The van der Waals surface area contributed by atoms with Crippen molar-refractivity contribution < 1.29 is 15.6 Å². The topological polar surface area (TPSA) is 0 Å². The Morgan fingerprint density at radius 1 is 0.675 bits per heavy atom. The van der Waals surface area contributed by atoms with Gasteiger partial charge in [0.25, 0.3) is 0 Å². The van der Waals surface area contributed by atoms with Gasteiger partial charge in [-0.05, 0) is 0 Å². The van der Waals surface area contributed by atoms with Crippen LogP contribution < -0.4 is 0 Å². The van der Waals surface area contributed by atoms with Gasteiger partial charge in [-0.3, -0.25) is 0 Å². The molecule has 0 aromatic carbocycles. The van der Waals surface area contributed by atoms with Crippen molar-refractivity contribution in [3.8, 4) is 0 Å². The molecule has 0 saturated heterocycles. The van der Waals surface area contributed by atoms with Crippen molar-refractivity contribution in [3.63, 3.8) is 0 Å². The number of allylic oxidation sites excluding steroid dienone is 8. The summed E-state index contributed by atoms with van der Waals surface area (Å²) in [6.45, 7) is 29.4. The molecular weight excluding hydrogens is 623 g/mol. The molecule has 4 aliphatic rings. The van der Waals surface area contributed by atoms with Crippen LogP contribution in [-0.4, -0.2) is 5.92 Å². The summed E-state index contributed by atoms with van der Waals surface area (Å²) < 4.78 is 0.700. The molecule has 227 valence electrons. The molecule has 40 heavy (non-hydrogen) atoms. The normalized spacial score (nSPS) is 32.3. The standard InChI is InChI=1S/2C17H27.C2H7Si.2ClH.Zr/c2*1-6-13-7-15-9-14(11(2)3)10-16(12(4)5)17(15)8-13;1-3-2;;;/h2*7-8,11-12,14,16H,6,9-10H2,1-5H3;3H,1-2H3;2*1H;/q;;;;;+2/p-2. The first-order valence-corrected chi connectivity index (χ1v) is 33.3. The first-order chi connectivity index (χ1) is 18.6. The van der Waals surface area contributed by atoms with Crippen LogP contribution in [0.4, 0.5) is 0 Å². The molecule has 0 saturated carbocycles. The zero-order valence-electron chi connectivity index (χ0n) is 28.0. The Labute approximate surface area is 257 Å². The van der Waals surface area contributed by atoms with Crippen LogP contribution in [-0.2, 0) is 15.6 Å². The van der Waals surface area contributed by atoms with Crippen molar-refractivity contribution >= 4 is 22.9 Å². The van der Waals surface area contributed by atoms with Gasteiger partial charge in [0.05, 0.1) is 0 Å². The van der Waals surface area contributed by atoms with Gasteiger partial charge in [-0.15, -0.1) is 0 Å². The third kappa shape index (κ3) is 5.40. The van der Waals surface area contributed by atoms with Crippen molar-refractivity contribution in [1.29, 1.82) is 0 Å². The summed E-state index contributed by atoms with van der Waals surface area (Å²) >= 11 is -4.56. The predicted molar refractivity (Wildman–Crippen MR) is 181 cm³/mol. The summed E-state index contributed by atoms with van der Waals surface area (Å²) in [6.07, 6.45) is 12.6. The van der Waals surface area contributed by atoms with E-state index in [1.165, 1.54) is 25.7 Å². The van der Waals surface area contributed by atoms with E-state index in [1.807, 2.05) is 0 Å². The molecule has 0 heterocycles. The van der Waals surface area contributed by atoms with Crippen molar-refractivity contribution in [2.45, 2.75) is 128 Å². The molecule has 6 unspecified atom stereocenters. The molecule has 4 rings (SSSR count). The van der Waals surface area contributed by atoms with E-state index in [2.05, 4.69) is 94.5 Å². The van der Waals surface area contributed by atoms with Crippen molar-refractivity contribution in [3.05, 3.63) is 45.6 Å². The maximum absolute atomic E-state index is 8.72. The summed E-state index contributed by atoms with van der Waals surface area (Å²) in [4.78, 5) is 0. The van der Waals surface area contributed by atoms with Crippen LogP contribution in [0.25, 0.3) is 0 Å². The third-order valence-corrected chi connectivity index (χ3v) is 64.3. The van der Waals surface area contributed by atoms with Gasteiger partial charge in [0.2, 0.25) is 0 Å². The molecule has 0 spiro atoms. The minimum atomic E-state index is -4.56. The molecule has 0 N–H and O–H groups in total. The van der Waals surface area contributed by atoms with Crippen molar-refractivity contribution in [1.82, 2.24) is 0 Å². The molecule has 4 heteroatoms. The van der Waals surface area contributed by atoms with Crippen LogP contribution in [0.2, 0.25) is 20.3 Å². The van der Waals surface area contributed by atoms with Gasteiger partial charge >= 0.3 is 260 Å². The molecule has 0 aliphatic heterocycles. The van der Waals surface area contributed by atoms with Crippen LogP contribution in [0.3, 0.4) is 0 Å². The van der Waals surface area contributed by atoms with Gasteiger partial charge < -0.3 is 0 Å². The van der Waals surface area contributed by atoms with Gasteiger partial charge in [0.15, 0.2) is 0 Å². The zero-order chi connectivity index (χ0) is 29.9. The maximum atomic E-state index is 8.72. The second-order valence-electron chi connectivity index (χ2n) is 15.9. The van der Waals surface area contributed by atoms with Gasteiger partial charge in [-0.2, -0.15) is 0 Å². The fourth-order valence-corrected chi connectivity index (χ4v) is 42.3. The third-order valence-electron chi connectivity index (χ3n) is 12.3. The number of hydrogen-bond donors (Lipinski definition) is 0. The number of halogens is 2. The fourth-order valence-electron chi connectivity index (χ4n) is 9.43. The summed E-state index contributed by atoms with van der Waals surface area (Å²) in [6, 6.07) is 0. The first-order valence-electron chi connectivity index (χ1n) is 17.0. The Morgan fingerprint density at radius 2 is 1.02 bits per heavy atom. The molecule has 0 amide bonds. The Kier molecular flexibility index (Phi) is 10.2. The number of hydrogen-bond acceptors (Lipinski definition) is 0. The van der Waals surface area contributed by atoms with Gasteiger partial charge in [0.1, 0.15) is 0 Å². The van der Waals surface area contributed by atoms with E-state index in [1.54, 1.807) is 33.4 Å². The van der Waals surface area contributed by atoms with Crippen molar-refractivity contribution in [2.75, 3.05) is 0 Å². The van der Waals surface area contributed by atoms with Gasteiger partial charge in [-0.25, -0.2) is 0 Å². The quantitative estimate of drug-likeness (QED) is 0.212. The first kappa shape index (κ1) is 33.5. The predicted octanol–water partition coefficient (Wildman–Crippen LogP) is 12.5. The Balaban J connectivity index is 1.97. The second kappa shape index (κ2) is 12.2. The molecule has 0 aromatic heterocycles. The van der Waals surface area contributed by atoms with Gasteiger partial charge in [-0.1, -0.05) is 0 Å². The molecule has 0 bridgehead atoms. The van der Waals surface area contributed by atoms with E-state index in [4.69, 9.17) is 17.0 Å². The van der Waals surface area contributed by atoms with E-state index in [-0.39, 0.29) is 0 Å². The average molecular weight is 684 g/mol. The molecule has 0 nitrogen and oxygen atoms in total. The molecule has 0 fully saturated rings. The number of rotatable bonds is 9. The molecule has 6 atom stereocenters.